The van der Waals surface area contributed by atoms with Crippen molar-refractivity contribution in [3.05, 3.63) is 0 Å². The molecule has 0 radical (unpaired) electrons. The first kappa shape index (κ1) is 7.12. The first-order chi connectivity index (χ1) is 3.06. The van der Waals surface area contributed by atoms with Crippen LogP contribution in [0, 0.1) is 0 Å². The standard InChI is InChI=1S/C3H8FO2P/c1-2-3-7(4,5)6/h2-3H2,1H3,(H,5,6). The van der Waals surface area contributed by atoms with E-state index in [1.165, 1.54) is 0 Å². The van der Waals surface area contributed by atoms with E-state index in [4.69, 9.17) is 4.89 Å². The van der Waals surface area contributed by atoms with Gasteiger partial charge in [-0.3, -0.25) is 4.57 Å². The largest absolute Gasteiger partial charge is 0.365 e. The topological polar surface area (TPSA) is 37.3 Å². The van der Waals surface area contributed by atoms with Gasteiger partial charge in [0.1, 0.15) is 0 Å². The van der Waals surface area contributed by atoms with Crippen molar-refractivity contribution in [2.24, 2.45) is 0 Å². The van der Waals surface area contributed by atoms with E-state index in [2.05, 4.69) is 0 Å². The summed E-state index contributed by atoms with van der Waals surface area (Å²) in [6.45, 7) is 1.66. The van der Waals surface area contributed by atoms with Crippen molar-refractivity contribution in [1.29, 1.82) is 0 Å². The Morgan fingerprint density at radius 2 is 2.29 bits per heavy atom. The average Bonchev–Trinajstić information content (AvgIpc) is 1.30. The fraction of sp³-hybridized carbons (Fsp3) is 1.00. The molecule has 0 aliphatic heterocycles. The summed E-state index contributed by atoms with van der Waals surface area (Å²) in [7, 11) is -4.17. The van der Waals surface area contributed by atoms with Gasteiger partial charge in [0.2, 0.25) is 0 Å². The Labute approximate surface area is 41.9 Å². The molecule has 1 N–H and O–H groups in total. The second kappa shape index (κ2) is 2.43. The molecular formula is C3H8FO2P. The van der Waals surface area contributed by atoms with Gasteiger partial charge in [-0.1, -0.05) is 6.92 Å². The summed E-state index contributed by atoms with van der Waals surface area (Å²) in [5.74, 6) is 0. The molecule has 0 aliphatic carbocycles. The molecule has 0 saturated carbocycles. The SMILES string of the molecule is CCCP(=O)(O)F. The summed E-state index contributed by atoms with van der Waals surface area (Å²) in [6, 6.07) is 0. The van der Waals surface area contributed by atoms with Crippen molar-refractivity contribution in [3.8, 4) is 0 Å². The molecule has 44 valence electrons. The van der Waals surface area contributed by atoms with Crippen LogP contribution in [0.4, 0.5) is 4.20 Å². The number of rotatable bonds is 2. The summed E-state index contributed by atoms with van der Waals surface area (Å²) >= 11 is 0. The smallest absolute Gasteiger partial charge is 0.321 e. The Hall–Kier alpha value is 0.120. The minimum Gasteiger partial charge on any atom is -0.321 e. The third kappa shape index (κ3) is 6.12. The van der Waals surface area contributed by atoms with Gasteiger partial charge in [0.15, 0.2) is 0 Å². The number of halogens is 1. The second-order valence-electron chi connectivity index (χ2n) is 1.34. The Bertz CT molecular complexity index is 86.9. The molecule has 0 heterocycles. The fourth-order valence-corrected chi connectivity index (χ4v) is 0.827. The number of hydrogen-bond acceptors (Lipinski definition) is 1. The predicted molar refractivity (Wildman–Crippen MR) is 26.1 cm³/mol. The molecule has 1 atom stereocenters. The monoisotopic (exact) mass is 126 g/mol. The van der Waals surface area contributed by atoms with Crippen molar-refractivity contribution in [3.63, 3.8) is 0 Å². The zero-order valence-electron chi connectivity index (χ0n) is 4.09. The summed E-state index contributed by atoms with van der Waals surface area (Å²) in [6.07, 6.45) is 0.206. The molecular weight excluding hydrogens is 118 g/mol. The maximum Gasteiger partial charge on any atom is 0.365 e. The van der Waals surface area contributed by atoms with Gasteiger partial charge in [-0.2, -0.15) is 4.20 Å². The van der Waals surface area contributed by atoms with Gasteiger partial charge in [0.05, 0.1) is 6.16 Å². The van der Waals surface area contributed by atoms with Gasteiger partial charge in [0, 0.05) is 0 Å². The van der Waals surface area contributed by atoms with Crippen LogP contribution < -0.4 is 0 Å². The van der Waals surface area contributed by atoms with E-state index >= 15 is 0 Å². The lowest BCUT2D eigenvalue weighted by atomic mass is 10.6. The maximum atomic E-state index is 11.5. The molecule has 0 amide bonds. The molecule has 0 bridgehead atoms. The third-order valence-electron chi connectivity index (χ3n) is 0.499. The quantitative estimate of drug-likeness (QED) is 0.570. The van der Waals surface area contributed by atoms with Crippen LogP contribution in [-0.2, 0) is 4.57 Å². The van der Waals surface area contributed by atoms with Gasteiger partial charge in [-0.05, 0) is 6.42 Å². The average molecular weight is 126 g/mol. The lowest BCUT2D eigenvalue weighted by Crippen LogP contribution is -1.76. The van der Waals surface area contributed by atoms with Crippen LogP contribution in [0.15, 0.2) is 0 Å². The first-order valence-corrected chi connectivity index (χ1v) is 3.81. The molecule has 0 aromatic rings. The highest BCUT2D eigenvalue weighted by atomic mass is 31.2. The third-order valence-corrected chi connectivity index (χ3v) is 1.50. The molecule has 2 nitrogen and oxygen atoms in total. The number of hydrogen-bond donors (Lipinski definition) is 1. The van der Waals surface area contributed by atoms with E-state index in [0.717, 1.165) is 0 Å². The minimum absolute atomic E-state index is 0.215. The van der Waals surface area contributed by atoms with E-state index in [-0.39, 0.29) is 6.16 Å². The summed E-state index contributed by atoms with van der Waals surface area (Å²) in [4.78, 5) is 7.91. The van der Waals surface area contributed by atoms with Crippen molar-refractivity contribution in [2.75, 3.05) is 6.16 Å². The molecule has 7 heavy (non-hydrogen) atoms. The maximum absolute atomic E-state index is 11.5. The Morgan fingerprint density at radius 1 is 1.86 bits per heavy atom. The van der Waals surface area contributed by atoms with Crippen LogP contribution in [0.2, 0.25) is 0 Å². The Morgan fingerprint density at radius 3 is 2.29 bits per heavy atom. The van der Waals surface area contributed by atoms with Gasteiger partial charge >= 0.3 is 7.68 Å². The summed E-state index contributed by atoms with van der Waals surface area (Å²) < 4.78 is 21.2. The fourth-order valence-electron chi connectivity index (χ4n) is 0.276. The van der Waals surface area contributed by atoms with Gasteiger partial charge in [-0.15, -0.1) is 0 Å². The van der Waals surface area contributed by atoms with Crippen molar-refractivity contribution >= 4 is 7.68 Å². The van der Waals surface area contributed by atoms with E-state index in [0.29, 0.717) is 6.42 Å². The summed E-state index contributed by atoms with van der Waals surface area (Å²) in [5.41, 5.74) is 0. The van der Waals surface area contributed by atoms with Crippen LogP contribution in [-0.4, -0.2) is 11.1 Å². The van der Waals surface area contributed by atoms with Crippen molar-refractivity contribution in [1.82, 2.24) is 0 Å². The van der Waals surface area contributed by atoms with Gasteiger partial charge in [-0.25, -0.2) is 0 Å². The molecule has 0 aliphatic rings. The van der Waals surface area contributed by atoms with Crippen molar-refractivity contribution in [2.45, 2.75) is 13.3 Å². The molecule has 0 rings (SSSR count). The van der Waals surface area contributed by atoms with Crippen LogP contribution >= 0.6 is 7.68 Å². The highest BCUT2D eigenvalue weighted by Crippen LogP contribution is 2.42. The first-order valence-electron chi connectivity index (χ1n) is 2.07. The van der Waals surface area contributed by atoms with Crippen LogP contribution in [0.3, 0.4) is 0 Å². The molecule has 0 fully saturated rings. The minimum atomic E-state index is -4.17. The summed E-state index contributed by atoms with van der Waals surface area (Å²) in [5, 5.41) is 0. The molecule has 0 spiro atoms. The van der Waals surface area contributed by atoms with Gasteiger partial charge < -0.3 is 4.89 Å². The second-order valence-corrected chi connectivity index (χ2v) is 3.02. The molecule has 0 aromatic heterocycles. The highest BCUT2D eigenvalue weighted by molar-refractivity contribution is 7.52. The molecule has 0 saturated heterocycles. The van der Waals surface area contributed by atoms with E-state index in [9.17, 15) is 8.76 Å². The van der Waals surface area contributed by atoms with E-state index < -0.39 is 7.68 Å². The van der Waals surface area contributed by atoms with Crippen LogP contribution in [0.25, 0.3) is 0 Å². The van der Waals surface area contributed by atoms with E-state index in [1.807, 2.05) is 0 Å². The zero-order valence-corrected chi connectivity index (χ0v) is 4.99. The normalized spacial score (nSPS) is 18.7. The van der Waals surface area contributed by atoms with Crippen molar-refractivity contribution < 1.29 is 13.7 Å². The Balaban J connectivity index is 3.36. The van der Waals surface area contributed by atoms with E-state index in [1.54, 1.807) is 6.92 Å². The lowest BCUT2D eigenvalue weighted by Gasteiger charge is -1.93. The van der Waals surface area contributed by atoms with Crippen LogP contribution in [0.1, 0.15) is 13.3 Å². The van der Waals surface area contributed by atoms with Gasteiger partial charge in [0.25, 0.3) is 0 Å². The molecule has 0 aromatic carbocycles. The zero-order chi connectivity index (χ0) is 5.91. The predicted octanol–water partition coefficient (Wildman–Crippen LogP) is 1.55. The molecule has 1 unspecified atom stereocenters. The molecule has 4 heteroatoms. The Kier molecular flexibility index (Phi) is 2.47. The lowest BCUT2D eigenvalue weighted by molar-refractivity contribution is 0.428. The highest BCUT2D eigenvalue weighted by Gasteiger charge is 2.11. The van der Waals surface area contributed by atoms with Crippen LogP contribution in [0.5, 0.6) is 0 Å².